The number of aryl methyl sites for hydroxylation is 2. The maximum absolute atomic E-state index is 4.04. The van der Waals surface area contributed by atoms with Crippen molar-refractivity contribution < 1.29 is 0 Å². The highest BCUT2D eigenvalue weighted by molar-refractivity contribution is 5.13. The zero-order valence-electron chi connectivity index (χ0n) is 8.46. The van der Waals surface area contributed by atoms with E-state index < -0.39 is 0 Å². The van der Waals surface area contributed by atoms with Crippen molar-refractivity contribution >= 4 is 0 Å². The van der Waals surface area contributed by atoms with Gasteiger partial charge in [0.1, 0.15) is 6.33 Å². The van der Waals surface area contributed by atoms with Crippen LogP contribution in [-0.4, -0.2) is 9.97 Å². The van der Waals surface area contributed by atoms with Gasteiger partial charge in [0.2, 0.25) is 0 Å². The molecule has 0 N–H and O–H groups in total. The first-order valence-corrected chi connectivity index (χ1v) is 4.51. The van der Waals surface area contributed by atoms with Crippen LogP contribution in [0.5, 0.6) is 0 Å². The Morgan fingerprint density at radius 3 is 2.17 bits per heavy atom. The Hall–Kier alpha value is -0.920. The second-order valence-electron chi connectivity index (χ2n) is 2.69. The lowest BCUT2D eigenvalue weighted by Crippen LogP contribution is -1.90. The topological polar surface area (TPSA) is 25.8 Å². The first kappa shape index (κ1) is 11.1. The summed E-state index contributed by atoms with van der Waals surface area (Å²) in [6.45, 7) is 8.35. The molecule has 0 saturated carbocycles. The van der Waals surface area contributed by atoms with Crippen LogP contribution < -0.4 is 0 Å². The first-order chi connectivity index (χ1) is 5.76. The third kappa shape index (κ3) is 4.06. The summed E-state index contributed by atoms with van der Waals surface area (Å²) in [4.78, 5) is 7.94. The summed E-state index contributed by atoms with van der Waals surface area (Å²) in [6, 6.07) is 0. The Labute approximate surface area is 75.1 Å². The van der Waals surface area contributed by atoms with Crippen LogP contribution in [0.25, 0.3) is 0 Å². The van der Waals surface area contributed by atoms with Crippen LogP contribution in [0.2, 0.25) is 0 Å². The fraction of sp³-hybridized carbons (Fsp3) is 0.600. The smallest absolute Gasteiger partial charge is 0.115 e. The van der Waals surface area contributed by atoms with Gasteiger partial charge in [0.25, 0.3) is 0 Å². The monoisotopic (exact) mass is 166 g/mol. The average Bonchev–Trinajstić information content (AvgIpc) is 2.07. The third-order valence-electron chi connectivity index (χ3n) is 1.39. The molecule has 12 heavy (non-hydrogen) atoms. The molecule has 0 radical (unpaired) electrons. The van der Waals surface area contributed by atoms with Gasteiger partial charge in [-0.1, -0.05) is 27.2 Å². The Morgan fingerprint density at radius 2 is 1.83 bits per heavy atom. The summed E-state index contributed by atoms with van der Waals surface area (Å²) in [6.07, 6.45) is 5.71. The van der Waals surface area contributed by atoms with E-state index >= 15 is 0 Å². The summed E-state index contributed by atoms with van der Waals surface area (Å²) < 4.78 is 0. The molecule has 0 unspecified atom stereocenters. The molecule has 0 amide bonds. The van der Waals surface area contributed by atoms with Crippen LogP contribution in [0, 0.1) is 6.92 Å². The van der Waals surface area contributed by atoms with Crippen molar-refractivity contribution in [3.05, 3.63) is 23.8 Å². The summed E-state index contributed by atoms with van der Waals surface area (Å²) in [5, 5.41) is 0. The highest BCUT2D eigenvalue weighted by Crippen LogP contribution is 2.00. The van der Waals surface area contributed by atoms with E-state index in [1.54, 1.807) is 6.33 Å². The molecule has 0 atom stereocenters. The Bertz CT molecular complexity index is 209. The molecular weight excluding hydrogens is 148 g/mol. The van der Waals surface area contributed by atoms with Crippen molar-refractivity contribution in [1.29, 1.82) is 0 Å². The van der Waals surface area contributed by atoms with Crippen LogP contribution in [0.15, 0.2) is 12.5 Å². The fourth-order valence-electron chi connectivity index (χ4n) is 0.767. The van der Waals surface area contributed by atoms with E-state index in [4.69, 9.17) is 0 Å². The predicted octanol–water partition coefficient (Wildman–Crippen LogP) is 2.76. The van der Waals surface area contributed by atoms with Crippen molar-refractivity contribution in [2.75, 3.05) is 0 Å². The molecule has 0 bridgehead atoms. The summed E-state index contributed by atoms with van der Waals surface area (Å²) >= 11 is 0. The van der Waals surface area contributed by atoms with Crippen molar-refractivity contribution in [2.45, 2.75) is 40.5 Å². The largest absolute Gasteiger partial charge is 0.245 e. The quantitative estimate of drug-likeness (QED) is 0.641. The zero-order valence-corrected chi connectivity index (χ0v) is 8.46. The summed E-state index contributed by atoms with van der Waals surface area (Å²) in [5.41, 5.74) is 2.32. The van der Waals surface area contributed by atoms with E-state index in [0.29, 0.717) is 0 Å². The molecule has 1 heterocycles. The van der Waals surface area contributed by atoms with Gasteiger partial charge in [-0.25, -0.2) is 9.97 Å². The van der Waals surface area contributed by atoms with Crippen LogP contribution >= 0.6 is 0 Å². The third-order valence-corrected chi connectivity index (χ3v) is 1.39. The minimum Gasteiger partial charge on any atom is -0.245 e. The van der Waals surface area contributed by atoms with E-state index in [2.05, 4.69) is 30.7 Å². The normalized spacial score (nSPS) is 8.67. The van der Waals surface area contributed by atoms with Gasteiger partial charge in [-0.05, 0) is 18.9 Å². The molecule has 0 spiro atoms. The van der Waals surface area contributed by atoms with Gasteiger partial charge < -0.3 is 0 Å². The minimum absolute atomic E-state index is 1.02. The molecule has 2 nitrogen and oxygen atoms in total. The lowest BCUT2D eigenvalue weighted by atomic mass is 10.2. The lowest BCUT2D eigenvalue weighted by molar-refractivity contribution is 0.995. The Balaban J connectivity index is 0.000000354. The molecule has 0 aliphatic heterocycles. The van der Waals surface area contributed by atoms with E-state index in [9.17, 15) is 0 Å². The Morgan fingerprint density at radius 1 is 1.25 bits per heavy atom. The Kier molecular flexibility index (Phi) is 6.25. The number of nitrogens with zero attached hydrogens (tertiary/aromatic N) is 2. The molecule has 1 aromatic heterocycles. The predicted molar refractivity (Wildman–Crippen MR) is 52.1 cm³/mol. The molecule has 2 heteroatoms. The fourth-order valence-corrected chi connectivity index (χ4v) is 0.767. The molecule has 1 aromatic rings. The molecule has 0 aliphatic carbocycles. The molecular formula is C10H18N2. The van der Waals surface area contributed by atoms with E-state index in [-0.39, 0.29) is 0 Å². The number of aromatic nitrogens is 2. The van der Waals surface area contributed by atoms with Gasteiger partial charge in [0.05, 0.1) is 0 Å². The van der Waals surface area contributed by atoms with Gasteiger partial charge >= 0.3 is 0 Å². The highest BCUT2D eigenvalue weighted by Gasteiger charge is 1.92. The second kappa shape index (κ2) is 6.77. The number of rotatable bonds is 1. The van der Waals surface area contributed by atoms with Crippen molar-refractivity contribution in [3.8, 4) is 0 Å². The molecule has 0 aromatic carbocycles. The highest BCUT2D eigenvalue weighted by atomic mass is 14.8. The molecule has 0 saturated heterocycles. The van der Waals surface area contributed by atoms with Gasteiger partial charge in [-0.2, -0.15) is 0 Å². The van der Waals surface area contributed by atoms with Crippen LogP contribution in [0.3, 0.4) is 0 Å². The maximum atomic E-state index is 4.04. The molecule has 1 rings (SSSR count). The number of hydrogen-bond acceptors (Lipinski definition) is 2. The van der Waals surface area contributed by atoms with Crippen LogP contribution in [-0.2, 0) is 6.42 Å². The second-order valence-corrected chi connectivity index (χ2v) is 2.69. The number of hydrogen-bond donors (Lipinski definition) is 0. The van der Waals surface area contributed by atoms with E-state index in [0.717, 1.165) is 12.1 Å². The van der Waals surface area contributed by atoms with Gasteiger partial charge in [-0.15, -0.1) is 0 Å². The summed E-state index contributed by atoms with van der Waals surface area (Å²) in [7, 11) is 0. The standard InChI is InChI=1S/C7H10N2.C3H8/c1-3-7-4-8-5-9-6(7)2;1-3-2/h4-5H,3H2,1-2H3;3H2,1-2H3. The SMILES string of the molecule is CCC.CCc1cncnc1C. The lowest BCUT2D eigenvalue weighted by Gasteiger charge is -1.96. The van der Waals surface area contributed by atoms with E-state index in [1.165, 1.54) is 12.0 Å². The van der Waals surface area contributed by atoms with Gasteiger partial charge in [0.15, 0.2) is 0 Å². The van der Waals surface area contributed by atoms with Crippen molar-refractivity contribution in [3.63, 3.8) is 0 Å². The van der Waals surface area contributed by atoms with Crippen LogP contribution in [0.4, 0.5) is 0 Å². The molecule has 68 valence electrons. The van der Waals surface area contributed by atoms with Crippen molar-refractivity contribution in [2.24, 2.45) is 0 Å². The first-order valence-electron chi connectivity index (χ1n) is 4.51. The zero-order chi connectivity index (χ0) is 9.40. The maximum Gasteiger partial charge on any atom is 0.115 e. The molecule has 0 fully saturated rings. The molecule has 0 aliphatic rings. The average molecular weight is 166 g/mol. The minimum atomic E-state index is 1.02. The van der Waals surface area contributed by atoms with Gasteiger partial charge in [-0.3, -0.25) is 0 Å². The van der Waals surface area contributed by atoms with E-state index in [1.807, 2.05) is 13.1 Å². The summed E-state index contributed by atoms with van der Waals surface area (Å²) in [5.74, 6) is 0. The van der Waals surface area contributed by atoms with Crippen LogP contribution in [0.1, 0.15) is 38.4 Å². The van der Waals surface area contributed by atoms with Gasteiger partial charge in [0, 0.05) is 11.9 Å². The van der Waals surface area contributed by atoms with Crippen molar-refractivity contribution in [1.82, 2.24) is 9.97 Å².